The predicted molar refractivity (Wildman–Crippen MR) is 137 cm³/mol. The van der Waals surface area contributed by atoms with Crippen molar-refractivity contribution in [3.05, 3.63) is 23.3 Å². The number of hydrogen-bond acceptors (Lipinski definition) is 9. The molecule has 0 saturated carbocycles. The first-order chi connectivity index (χ1) is 17.7. The van der Waals surface area contributed by atoms with Crippen LogP contribution in [-0.2, 0) is 26.1 Å². The Morgan fingerprint density at radius 3 is 2.65 bits per heavy atom. The molecule has 0 spiro atoms. The van der Waals surface area contributed by atoms with Gasteiger partial charge >= 0.3 is 0 Å². The van der Waals surface area contributed by atoms with Crippen LogP contribution in [0, 0.1) is 12.7 Å². The molecule has 0 aromatic carbocycles. The molecule has 2 aromatic rings. The lowest BCUT2D eigenvalue weighted by Crippen LogP contribution is -2.58. The molecule has 0 aliphatic carbocycles. The van der Waals surface area contributed by atoms with Crippen molar-refractivity contribution in [1.29, 1.82) is 0 Å². The number of hydrogen-bond donors (Lipinski definition) is 2. The first kappa shape index (κ1) is 26.3. The zero-order chi connectivity index (χ0) is 26.2. The molecule has 5 heterocycles. The zero-order valence-corrected chi connectivity index (χ0v) is 22.4. The van der Waals surface area contributed by atoms with Crippen LogP contribution in [0.5, 0.6) is 0 Å². The molecular formula is C24H36FN7O4S. The summed E-state index contributed by atoms with van der Waals surface area (Å²) in [4.78, 5) is 11.1. The molecule has 3 aliphatic heterocycles. The number of nitrogens with one attached hydrogen (secondary N) is 2. The molecule has 0 radical (unpaired) electrons. The highest BCUT2D eigenvalue weighted by Gasteiger charge is 2.45. The second-order valence-corrected chi connectivity index (χ2v) is 12.4. The van der Waals surface area contributed by atoms with Gasteiger partial charge in [-0.3, -0.25) is 5.10 Å². The van der Waals surface area contributed by atoms with Gasteiger partial charge in [-0.05, 0) is 46.0 Å². The smallest absolute Gasteiger partial charge is 0.227 e. The summed E-state index contributed by atoms with van der Waals surface area (Å²) >= 11 is 0. The van der Waals surface area contributed by atoms with Gasteiger partial charge in [0.1, 0.15) is 5.69 Å². The minimum absolute atomic E-state index is 0.00404. The zero-order valence-electron chi connectivity index (χ0n) is 21.6. The summed E-state index contributed by atoms with van der Waals surface area (Å²) in [5.41, 5.74) is 0.990. The van der Waals surface area contributed by atoms with Crippen LogP contribution in [-0.4, -0.2) is 83.1 Å². The quantitative estimate of drug-likeness (QED) is 0.497. The number of sulfonamides is 1. The SMILES string of the molecule is CCS(=O)(=O)N1[C@@H]2CCC[C@H]1CC(N(C)c1nc(COC3CCOC3)c(F)c(Nc3cc(C)[nH]n3)n1)C2. The summed E-state index contributed by atoms with van der Waals surface area (Å²) in [5, 5.41) is 9.95. The van der Waals surface area contributed by atoms with E-state index in [-0.39, 0.29) is 48.1 Å². The van der Waals surface area contributed by atoms with Gasteiger partial charge in [0.05, 0.1) is 25.1 Å². The van der Waals surface area contributed by atoms with E-state index < -0.39 is 15.8 Å². The standard InChI is InChI=1S/C24H36FN7O4S/c1-4-37(33,34)32-16-6-5-7-17(32)12-18(11-16)31(3)24-26-20(14-36-19-8-9-35-13-19)22(25)23(28-24)27-21-10-15(2)29-30-21/h10,16-19H,4-9,11-14H2,1-3H3,(H2,26,27,28,29,30)/t16-,17+,18?,19?. The van der Waals surface area contributed by atoms with E-state index in [1.165, 1.54) is 0 Å². The van der Waals surface area contributed by atoms with Crippen LogP contribution in [0.3, 0.4) is 0 Å². The van der Waals surface area contributed by atoms with E-state index in [9.17, 15) is 8.42 Å². The Morgan fingerprint density at radius 1 is 1.27 bits per heavy atom. The van der Waals surface area contributed by atoms with E-state index in [0.717, 1.165) is 31.4 Å². The van der Waals surface area contributed by atoms with Gasteiger partial charge in [0.2, 0.25) is 16.0 Å². The Kier molecular flexibility index (Phi) is 7.66. The number of rotatable bonds is 9. The number of aromatic amines is 1. The van der Waals surface area contributed by atoms with Gasteiger partial charge < -0.3 is 19.7 Å². The third-order valence-corrected chi connectivity index (χ3v) is 9.60. The molecule has 4 atom stereocenters. The third-order valence-electron chi connectivity index (χ3n) is 7.64. The summed E-state index contributed by atoms with van der Waals surface area (Å²) in [6.45, 7) is 4.67. The highest BCUT2D eigenvalue weighted by atomic mass is 32.2. The fraction of sp³-hybridized carbons (Fsp3) is 0.708. The van der Waals surface area contributed by atoms with Crippen LogP contribution in [0.15, 0.2) is 6.07 Å². The summed E-state index contributed by atoms with van der Waals surface area (Å²) < 4.78 is 54.1. The van der Waals surface area contributed by atoms with Crippen molar-refractivity contribution >= 4 is 27.6 Å². The Bertz CT molecular complexity index is 1190. The van der Waals surface area contributed by atoms with E-state index in [2.05, 4.69) is 25.5 Å². The molecule has 0 amide bonds. The fourth-order valence-electron chi connectivity index (χ4n) is 5.65. The van der Waals surface area contributed by atoms with E-state index in [1.54, 1.807) is 17.3 Å². The minimum atomic E-state index is -3.27. The summed E-state index contributed by atoms with van der Waals surface area (Å²) in [7, 11) is -1.38. The van der Waals surface area contributed by atoms with Crippen molar-refractivity contribution in [2.24, 2.45) is 0 Å². The second kappa shape index (κ2) is 10.8. The molecule has 3 fully saturated rings. The molecule has 5 rings (SSSR count). The first-order valence-electron chi connectivity index (χ1n) is 13.0. The van der Waals surface area contributed by atoms with Crippen LogP contribution >= 0.6 is 0 Å². The van der Waals surface area contributed by atoms with Gasteiger partial charge in [0.15, 0.2) is 17.5 Å². The number of nitrogens with zero attached hydrogens (tertiary/aromatic N) is 5. The summed E-state index contributed by atoms with van der Waals surface area (Å²) in [5.74, 6) is 0.367. The van der Waals surface area contributed by atoms with E-state index >= 15 is 4.39 Å². The maximum absolute atomic E-state index is 15.5. The number of piperidine rings is 2. The second-order valence-electron chi connectivity index (χ2n) is 10.2. The summed E-state index contributed by atoms with van der Waals surface area (Å²) in [6.07, 6.45) is 4.75. The number of aryl methyl sites for hydroxylation is 1. The minimum Gasteiger partial charge on any atom is -0.379 e. The van der Waals surface area contributed by atoms with Crippen LogP contribution in [0.2, 0.25) is 0 Å². The molecule has 2 N–H and O–H groups in total. The fourth-order valence-corrected chi connectivity index (χ4v) is 7.24. The number of H-pyrrole nitrogens is 1. The molecule has 2 aromatic heterocycles. The molecular weight excluding hydrogens is 501 g/mol. The van der Waals surface area contributed by atoms with Gasteiger partial charge in [-0.2, -0.15) is 14.4 Å². The molecule has 2 unspecified atom stereocenters. The monoisotopic (exact) mass is 537 g/mol. The van der Waals surface area contributed by atoms with Crippen LogP contribution in [0.25, 0.3) is 0 Å². The van der Waals surface area contributed by atoms with Crippen molar-refractivity contribution in [1.82, 2.24) is 24.5 Å². The largest absolute Gasteiger partial charge is 0.379 e. The van der Waals surface area contributed by atoms with Crippen LogP contribution in [0.4, 0.5) is 22.0 Å². The van der Waals surface area contributed by atoms with E-state index in [1.807, 2.05) is 18.9 Å². The van der Waals surface area contributed by atoms with Crippen molar-refractivity contribution in [3.63, 3.8) is 0 Å². The Hall–Kier alpha value is -2.35. The molecule has 11 nitrogen and oxygen atoms in total. The average molecular weight is 538 g/mol. The van der Waals surface area contributed by atoms with Gasteiger partial charge in [0.25, 0.3) is 0 Å². The van der Waals surface area contributed by atoms with Gasteiger partial charge in [0, 0.05) is 43.5 Å². The summed E-state index contributed by atoms with van der Waals surface area (Å²) in [6, 6.07) is 1.71. The number of fused-ring (bicyclic) bond motifs is 2. The number of aromatic nitrogens is 4. The predicted octanol–water partition coefficient (Wildman–Crippen LogP) is 2.87. The number of ether oxygens (including phenoxy) is 2. The van der Waals surface area contributed by atoms with Gasteiger partial charge in [-0.1, -0.05) is 6.42 Å². The molecule has 3 saturated heterocycles. The topological polar surface area (TPSA) is 126 Å². The third kappa shape index (κ3) is 5.59. The average Bonchev–Trinajstić information content (AvgIpc) is 3.54. The molecule has 3 aliphatic rings. The van der Waals surface area contributed by atoms with E-state index in [0.29, 0.717) is 37.8 Å². The lowest BCUT2D eigenvalue weighted by atomic mass is 9.83. The van der Waals surface area contributed by atoms with Crippen molar-refractivity contribution in [2.45, 2.75) is 83.2 Å². The van der Waals surface area contributed by atoms with Crippen LogP contribution < -0.4 is 10.2 Å². The Morgan fingerprint density at radius 2 is 2.03 bits per heavy atom. The molecule has 13 heteroatoms. The van der Waals surface area contributed by atoms with Crippen molar-refractivity contribution < 1.29 is 22.3 Å². The normalized spacial score (nSPS) is 26.4. The highest BCUT2D eigenvalue weighted by molar-refractivity contribution is 7.89. The Labute approximate surface area is 217 Å². The van der Waals surface area contributed by atoms with Crippen LogP contribution in [0.1, 0.15) is 56.8 Å². The van der Waals surface area contributed by atoms with Gasteiger partial charge in [-0.25, -0.2) is 17.8 Å². The molecule has 204 valence electrons. The van der Waals surface area contributed by atoms with Crippen molar-refractivity contribution in [2.75, 3.05) is 36.2 Å². The van der Waals surface area contributed by atoms with Crippen molar-refractivity contribution in [3.8, 4) is 0 Å². The maximum atomic E-state index is 15.5. The highest BCUT2D eigenvalue weighted by Crippen LogP contribution is 2.38. The molecule has 2 bridgehead atoms. The van der Waals surface area contributed by atoms with E-state index in [4.69, 9.17) is 9.47 Å². The van der Waals surface area contributed by atoms with Gasteiger partial charge in [-0.15, -0.1) is 0 Å². The Balaban J connectivity index is 1.41. The number of anilines is 3. The first-order valence-corrected chi connectivity index (χ1v) is 14.6. The molecule has 37 heavy (non-hydrogen) atoms. The maximum Gasteiger partial charge on any atom is 0.227 e. The number of halogens is 1. The lowest BCUT2D eigenvalue weighted by molar-refractivity contribution is 0.0287. The lowest BCUT2D eigenvalue weighted by Gasteiger charge is -2.49.